The summed E-state index contributed by atoms with van der Waals surface area (Å²) in [6.07, 6.45) is 3.27. The van der Waals surface area contributed by atoms with Crippen LogP contribution in [0.15, 0.2) is 30.6 Å². The quantitative estimate of drug-likeness (QED) is 0.520. The van der Waals surface area contributed by atoms with Crippen molar-refractivity contribution < 1.29 is 9.53 Å². The Bertz CT molecular complexity index is 584. The van der Waals surface area contributed by atoms with E-state index in [0.717, 1.165) is 3.57 Å². The summed E-state index contributed by atoms with van der Waals surface area (Å²) < 4.78 is 6.39. The number of ether oxygens (including phenoxy) is 1. The molecule has 0 bridgehead atoms. The number of carbonyl (C=O) groups is 1. The number of nitrogens with zero attached hydrogens (tertiary/aromatic N) is 2. The van der Waals surface area contributed by atoms with Gasteiger partial charge in [-0.05, 0) is 47.7 Å². The van der Waals surface area contributed by atoms with Crippen molar-refractivity contribution in [2.75, 3.05) is 5.73 Å². The number of anilines is 1. The van der Waals surface area contributed by atoms with Gasteiger partial charge in [0.05, 0.1) is 5.56 Å². The number of benzene rings is 1. The summed E-state index contributed by atoms with van der Waals surface area (Å²) in [5, 5.41) is 0. The van der Waals surface area contributed by atoms with Crippen molar-refractivity contribution in [1.29, 1.82) is 0 Å². The Balaban J connectivity index is 2.34. The number of hydrogen-bond acceptors (Lipinski definition) is 5. The zero-order valence-electron chi connectivity index (χ0n) is 9.55. The molecule has 2 rings (SSSR count). The molecule has 0 aliphatic heterocycles. The van der Waals surface area contributed by atoms with Gasteiger partial charge in [0.1, 0.15) is 5.75 Å². The molecule has 0 amide bonds. The highest BCUT2D eigenvalue weighted by molar-refractivity contribution is 14.1. The van der Waals surface area contributed by atoms with E-state index >= 15 is 0 Å². The van der Waals surface area contributed by atoms with Gasteiger partial charge in [-0.1, -0.05) is 0 Å². The van der Waals surface area contributed by atoms with Crippen LogP contribution in [0.3, 0.4) is 0 Å². The van der Waals surface area contributed by atoms with Crippen LogP contribution >= 0.6 is 22.6 Å². The van der Waals surface area contributed by atoms with Gasteiger partial charge in [-0.25, -0.2) is 9.97 Å². The van der Waals surface area contributed by atoms with E-state index in [9.17, 15) is 4.79 Å². The third-order valence-electron chi connectivity index (χ3n) is 2.18. The fourth-order valence-electron chi connectivity index (χ4n) is 1.36. The van der Waals surface area contributed by atoms with E-state index in [2.05, 4.69) is 32.6 Å². The van der Waals surface area contributed by atoms with Crippen molar-refractivity contribution in [3.63, 3.8) is 0 Å². The molecular formula is C12H10IN3O2. The number of halogens is 1. The van der Waals surface area contributed by atoms with Gasteiger partial charge < -0.3 is 10.5 Å². The van der Waals surface area contributed by atoms with Crippen molar-refractivity contribution in [3.8, 4) is 11.8 Å². The lowest BCUT2D eigenvalue weighted by Gasteiger charge is -2.08. The average molecular weight is 355 g/mol. The van der Waals surface area contributed by atoms with E-state index in [1.54, 1.807) is 30.6 Å². The zero-order valence-corrected chi connectivity index (χ0v) is 11.7. The second-order valence-corrected chi connectivity index (χ2v) is 4.84. The number of nitrogens with two attached hydrogens (primary N) is 1. The largest absolute Gasteiger partial charge is 0.424 e. The molecule has 2 aromatic rings. The first-order valence-corrected chi connectivity index (χ1v) is 6.20. The van der Waals surface area contributed by atoms with E-state index in [0.29, 0.717) is 17.0 Å². The lowest BCUT2D eigenvalue weighted by molar-refractivity contribution is 0.101. The average Bonchev–Trinajstić information content (AvgIpc) is 2.34. The Morgan fingerprint density at radius 2 is 2.00 bits per heavy atom. The predicted molar refractivity (Wildman–Crippen MR) is 75.7 cm³/mol. The minimum atomic E-state index is -0.122. The van der Waals surface area contributed by atoms with E-state index in [1.165, 1.54) is 6.92 Å². The van der Waals surface area contributed by atoms with Crippen LogP contribution in [0.5, 0.6) is 11.8 Å². The highest BCUT2D eigenvalue weighted by Crippen LogP contribution is 2.25. The molecule has 0 aliphatic carbocycles. The topological polar surface area (TPSA) is 78.1 Å². The van der Waals surface area contributed by atoms with Crippen molar-refractivity contribution in [2.45, 2.75) is 6.92 Å². The number of hydrogen-bond donors (Lipinski definition) is 1. The van der Waals surface area contributed by atoms with E-state index < -0.39 is 0 Å². The van der Waals surface area contributed by atoms with Gasteiger partial charge in [0.25, 0.3) is 0 Å². The summed E-state index contributed by atoms with van der Waals surface area (Å²) in [6, 6.07) is 5.06. The Labute approximate surface area is 118 Å². The highest BCUT2D eigenvalue weighted by Gasteiger charge is 2.11. The fourth-order valence-corrected chi connectivity index (χ4v) is 1.64. The summed E-state index contributed by atoms with van der Waals surface area (Å²) >= 11 is 2.10. The van der Waals surface area contributed by atoms with Gasteiger partial charge in [-0.15, -0.1) is 0 Å². The molecule has 2 N–H and O–H groups in total. The minimum absolute atomic E-state index is 0.122. The van der Waals surface area contributed by atoms with Crippen molar-refractivity contribution in [3.05, 3.63) is 39.7 Å². The molecule has 1 heterocycles. The Morgan fingerprint density at radius 1 is 1.33 bits per heavy atom. The third-order valence-corrected chi connectivity index (χ3v) is 2.74. The lowest BCUT2D eigenvalue weighted by atomic mass is 10.1. The van der Waals surface area contributed by atoms with Gasteiger partial charge in [-0.2, -0.15) is 0 Å². The standard InChI is InChI=1S/C12H10IN3O2/c1-7(17)10-4-9(14)2-3-11(10)18-12-15-5-8(13)6-16-12/h2-6H,14H2,1H3. The van der Waals surface area contributed by atoms with Crippen LogP contribution in [0, 0.1) is 3.57 Å². The molecule has 0 saturated carbocycles. The number of nitrogen functional groups attached to an aromatic ring is 1. The van der Waals surface area contributed by atoms with Gasteiger partial charge in [-0.3, -0.25) is 4.79 Å². The molecule has 0 saturated heterocycles. The molecule has 0 spiro atoms. The molecule has 0 atom stereocenters. The molecule has 0 fully saturated rings. The molecule has 92 valence electrons. The van der Waals surface area contributed by atoms with Crippen molar-refractivity contribution in [2.24, 2.45) is 0 Å². The maximum Gasteiger partial charge on any atom is 0.321 e. The Kier molecular flexibility index (Phi) is 3.75. The minimum Gasteiger partial charge on any atom is -0.424 e. The van der Waals surface area contributed by atoms with Crippen LogP contribution in [0.25, 0.3) is 0 Å². The zero-order chi connectivity index (χ0) is 13.1. The van der Waals surface area contributed by atoms with Crippen LogP contribution < -0.4 is 10.5 Å². The number of Topliss-reactive ketones (excluding diaryl/α,β-unsaturated/α-hetero) is 1. The first-order chi connectivity index (χ1) is 8.56. The van der Waals surface area contributed by atoms with Crippen LogP contribution in [0.4, 0.5) is 5.69 Å². The summed E-state index contributed by atoms with van der Waals surface area (Å²) in [5.74, 6) is 0.278. The number of rotatable bonds is 3. The van der Waals surface area contributed by atoms with Crippen LogP contribution in [0.1, 0.15) is 17.3 Å². The summed E-state index contributed by atoms with van der Waals surface area (Å²) in [6.45, 7) is 1.45. The summed E-state index contributed by atoms with van der Waals surface area (Å²) in [7, 11) is 0. The van der Waals surface area contributed by atoms with Crippen LogP contribution in [-0.4, -0.2) is 15.8 Å². The van der Waals surface area contributed by atoms with Crippen molar-refractivity contribution >= 4 is 34.1 Å². The first kappa shape index (κ1) is 12.7. The molecule has 1 aromatic heterocycles. The molecule has 0 radical (unpaired) electrons. The van der Waals surface area contributed by atoms with Crippen molar-refractivity contribution in [1.82, 2.24) is 9.97 Å². The molecule has 0 unspecified atom stereocenters. The smallest absolute Gasteiger partial charge is 0.321 e. The van der Waals surface area contributed by atoms with Gasteiger partial charge >= 0.3 is 6.01 Å². The molecule has 1 aromatic carbocycles. The second-order valence-electron chi connectivity index (χ2n) is 3.60. The predicted octanol–water partition coefficient (Wildman–Crippen LogP) is 2.66. The van der Waals surface area contributed by atoms with Gasteiger partial charge in [0, 0.05) is 21.7 Å². The highest BCUT2D eigenvalue weighted by atomic mass is 127. The first-order valence-electron chi connectivity index (χ1n) is 5.12. The normalized spacial score (nSPS) is 10.1. The molecule has 5 nitrogen and oxygen atoms in total. The van der Waals surface area contributed by atoms with E-state index in [-0.39, 0.29) is 11.8 Å². The number of carbonyl (C=O) groups excluding carboxylic acids is 1. The maximum atomic E-state index is 11.5. The molecular weight excluding hydrogens is 345 g/mol. The monoisotopic (exact) mass is 355 g/mol. The van der Waals surface area contributed by atoms with E-state index in [1.807, 2.05) is 0 Å². The Hall–Kier alpha value is -1.70. The van der Waals surface area contributed by atoms with Crippen LogP contribution in [0.2, 0.25) is 0 Å². The Morgan fingerprint density at radius 3 is 2.61 bits per heavy atom. The molecule has 18 heavy (non-hydrogen) atoms. The summed E-state index contributed by atoms with van der Waals surface area (Å²) in [5.41, 5.74) is 6.56. The number of aromatic nitrogens is 2. The second kappa shape index (κ2) is 5.30. The SMILES string of the molecule is CC(=O)c1cc(N)ccc1Oc1ncc(I)cn1. The third kappa shape index (κ3) is 2.95. The summed E-state index contributed by atoms with van der Waals surface area (Å²) in [4.78, 5) is 19.5. The van der Waals surface area contributed by atoms with E-state index in [4.69, 9.17) is 10.5 Å². The van der Waals surface area contributed by atoms with Gasteiger partial charge in [0.15, 0.2) is 5.78 Å². The maximum absolute atomic E-state index is 11.5. The molecule has 0 aliphatic rings. The molecule has 6 heteroatoms. The lowest BCUT2D eigenvalue weighted by Crippen LogP contribution is -2.00. The van der Waals surface area contributed by atoms with Gasteiger partial charge in [0.2, 0.25) is 0 Å². The fraction of sp³-hybridized carbons (Fsp3) is 0.0833. The van der Waals surface area contributed by atoms with Crippen LogP contribution in [-0.2, 0) is 0 Å². The number of ketones is 1.